The Morgan fingerprint density at radius 3 is 2.53 bits per heavy atom. The van der Waals surface area contributed by atoms with Crippen LogP contribution < -0.4 is 5.32 Å². The minimum Gasteiger partial charge on any atom is -0.314 e. The first-order chi connectivity index (χ1) is 8.08. The maximum atomic E-state index is 3.60. The van der Waals surface area contributed by atoms with E-state index in [0.717, 1.165) is 18.0 Å². The normalized spacial score (nSPS) is 36.2. The molecule has 3 nitrogen and oxygen atoms in total. The number of hydrogen-bond acceptors (Lipinski definition) is 3. The molecule has 2 aliphatic rings. The Morgan fingerprint density at radius 2 is 2.00 bits per heavy atom. The molecule has 0 bridgehead atoms. The molecule has 0 spiro atoms. The summed E-state index contributed by atoms with van der Waals surface area (Å²) in [6.45, 7) is 11.8. The smallest absolute Gasteiger partial charge is 0.0192 e. The molecular weight excluding hydrogens is 210 g/mol. The van der Waals surface area contributed by atoms with Gasteiger partial charge >= 0.3 is 0 Å². The van der Waals surface area contributed by atoms with Crippen LogP contribution in [0.1, 0.15) is 33.6 Å². The Kier molecular flexibility index (Phi) is 4.45. The van der Waals surface area contributed by atoms with Crippen molar-refractivity contribution in [3.63, 3.8) is 0 Å². The Morgan fingerprint density at radius 1 is 1.24 bits per heavy atom. The molecule has 1 heterocycles. The largest absolute Gasteiger partial charge is 0.314 e. The predicted molar refractivity (Wildman–Crippen MR) is 73.3 cm³/mol. The molecule has 2 fully saturated rings. The van der Waals surface area contributed by atoms with E-state index in [1.807, 2.05) is 0 Å². The zero-order valence-electron chi connectivity index (χ0n) is 11.9. The second-order valence-electron chi connectivity index (χ2n) is 6.29. The van der Waals surface area contributed by atoms with Gasteiger partial charge < -0.3 is 10.2 Å². The molecule has 17 heavy (non-hydrogen) atoms. The first-order valence-corrected chi connectivity index (χ1v) is 7.25. The summed E-state index contributed by atoms with van der Waals surface area (Å²) in [7, 11) is 2.25. The molecule has 3 heteroatoms. The molecule has 0 amide bonds. The number of likely N-dealkylation sites (N-methyl/N-ethyl adjacent to an activating group) is 1. The third-order valence-corrected chi connectivity index (χ3v) is 4.63. The van der Waals surface area contributed by atoms with E-state index in [0.29, 0.717) is 6.04 Å². The lowest BCUT2D eigenvalue weighted by molar-refractivity contribution is 0.00609. The van der Waals surface area contributed by atoms with Gasteiger partial charge in [-0.2, -0.15) is 0 Å². The SMILES string of the molecule is CC(C)NCC1CCC1N1CCN(C)C(C)C1. The standard InChI is InChI=1S/C14H29N3/c1-11(2)15-9-13-5-6-14(13)17-8-7-16(4)12(3)10-17/h11-15H,5-10H2,1-4H3. The highest BCUT2D eigenvalue weighted by molar-refractivity contribution is 4.93. The van der Waals surface area contributed by atoms with Gasteiger partial charge in [0.25, 0.3) is 0 Å². The lowest BCUT2D eigenvalue weighted by Gasteiger charge is -2.49. The summed E-state index contributed by atoms with van der Waals surface area (Å²) in [4.78, 5) is 5.22. The second-order valence-corrected chi connectivity index (χ2v) is 6.29. The van der Waals surface area contributed by atoms with Crippen LogP contribution in [-0.2, 0) is 0 Å². The van der Waals surface area contributed by atoms with Crippen molar-refractivity contribution < 1.29 is 0 Å². The van der Waals surface area contributed by atoms with Crippen molar-refractivity contribution in [2.75, 3.05) is 33.2 Å². The van der Waals surface area contributed by atoms with Gasteiger partial charge in [-0.3, -0.25) is 4.90 Å². The van der Waals surface area contributed by atoms with Crippen LogP contribution in [0.2, 0.25) is 0 Å². The summed E-state index contributed by atoms with van der Waals surface area (Å²) in [5, 5.41) is 3.60. The van der Waals surface area contributed by atoms with Crippen LogP contribution in [0, 0.1) is 5.92 Å². The highest BCUT2D eigenvalue weighted by Gasteiger charge is 2.37. The molecule has 1 N–H and O–H groups in total. The van der Waals surface area contributed by atoms with Crippen LogP contribution in [0.5, 0.6) is 0 Å². The fraction of sp³-hybridized carbons (Fsp3) is 1.00. The van der Waals surface area contributed by atoms with E-state index >= 15 is 0 Å². The summed E-state index contributed by atoms with van der Waals surface area (Å²) in [5.74, 6) is 0.896. The van der Waals surface area contributed by atoms with Crippen molar-refractivity contribution in [2.24, 2.45) is 5.92 Å². The molecule has 3 atom stereocenters. The van der Waals surface area contributed by atoms with E-state index in [2.05, 4.69) is 42.9 Å². The summed E-state index contributed by atoms with van der Waals surface area (Å²) in [6.07, 6.45) is 2.84. The third-order valence-electron chi connectivity index (χ3n) is 4.63. The van der Waals surface area contributed by atoms with E-state index < -0.39 is 0 Å². The van der Waals surface area contributed by atoms with Gasteiger partial charge in [-0.1, -0.05) is 13.8 Å². The van der Waals surface area contributed by atoms with Crippen LogP contribution >= 0.6 is 0 Å². The summed E-state index contributed by atoms with van der Waals surface area (Å²) in [5.41, 5.74) is 0. The van der Waals surface area contributed by atoms with E-state index in [9.17, 15) is 0 Å². The maximum Gasteiger partial charge on any atom is 0.0192 e. The molecule has 1 aliphatic carbocycles. The second kappa shape index (κ2) is 5.68. The molecule has 2 rings (SSSR count). The number of piperazine rings is 1. The van der Waals surface area contributed by atoms with Crippen molar-refractivity contribution in [3.05, 3.63) is 0 Å². The number of rotatable bonds is 4. The molecule has 1 saturated heterocycles. The lowest BCUT2D eigenvalue weighted by atomic mass is 9.77. The Labute approximate surface area is 107 Å². The van der Waals surface area contributed by atoms with Gasteiger partial charge in [0.2, 0.25) is 0 Å². The average Bonchev–Trinajstić information content (AvgIpc) is 2.21. The minimum atomic E-state index is 0.627. The van der Waals surface area contributed by atoms with Gasteiger partial charge in [-0.05, 0) is 39.3 Å². The van der Waals surface area contributed by atoms with Gasteiger partial charge in [0, 0.05) is 37.8 Å². The van der Waals surface area contributed by atoms with Gasteiger partial charge in [-0.15, -0.1) is 0 Å². The number of nitrogens with zero attached hydrogens (tertiary/aromatic N) is 2. The van der Waals surface area contributed by atoms with Crippen LogP contribution in [0.4, 0.5) is 0 Å². The van der Waals surface area contributed by atoms with Gasteiger partial charge in [0.05, 0.1) is 0 Å². The third kappa shape index (κ3) is 3.21. The first kappa shape index (κ1) is 13.3. The number of hydrogen-bond donors (Lipinski definition) is 1. The van der Waals surface area contributed by atoms with Crippen molar-refractivity contribution in [1.82, 2.24) is 15.1 Å². The predicted octanol–water partition coefficient (Wildman–Crippen LogP) is 1.40. The molecule has 0 aromatic heterocycles. The Bertz CT molecular complexity index is 242. The molecule has 3 unspecified atom stereocenters. The molecule has 0 aromatic carbocycles. The van der Waals surface area contributed by atoms with Gasteiger partial charge in [0.15, 0.2) is 0 Å². The van der Waals surface area contributed by atoms with Crippen molar-refractivity contribution in [1.29, 1.82) is 0 Å². The minimum absolute atomic E-state index is 0.627. The van der Waals surface area contributed by atoms with Crippen molar-refractivity contribution in [3.8, 4) is 0 Å². The zero-order chi connectivity index (χ0) is 12.4. The van der Waals surface area contributed by atoms with E-state index in [1.54, 1.807) is 0 Å². The fourth-order valence-electron chi connectivity index (χ4n) is 3.04. The van der Waals surface area contributed by atoms with E-state index in [-0.39, 0.29) is 0 Å². The van der Waals surface area contributed by atoms with Crippen LogP contribution in [0.25, 0.3) is 0 Å². The topological polar surface area (TPSA) is 18.5 Å². The molecule has 100 valence electrons. The maximum absolute atomic E-state index is 3.60. The van der Waals surface area contributed by atoms with Gasteiger partial charge in [-0.25, -0.2) is 0 Å². The monoisotopic (exact) mass is 239 g/mol. The molecule has 1 saturated carbocycles. The number of nitrogens with one attached hydrogen (secondary N) is 1. The molecule has 0 aromatic rings. The highest BCUT2D eigenvalue weighted by atomic mass is 15.3. The molecular formula is C14H29N3. The van der Waals surface area contributed by atoms with E-state index in [1.165, 1.54) is 39.0 Å². The Balaban J connectivity index is 1.78. The van der Waals surface area contributed by atoms with E-state index in [4.69, 9.17) is 0 Å². The first-order valence-electron chi connectivity index (χ1n) is 7.25. The summed E-state index contributed by atoms with van der Waals surface area (Å²) >= 11 is 0. The summed E-state index contributed by atoms with van der Waals surface area (Å²) in [6, 6.07) is 2.21. The highest BCUT2D eigenvalue weighted by Crippen LogP contribution is 2.32. The summed E-state index contributed by atoms with van der Waals surface area (Å²) < 4.78 is 0. The van der Waals surface area contributed by atoms with Crippen molar-refractivity contribution >= 4 is 0 Å². The van der Waals surface area contributed by atoms with Crippen molar-refractivity contribution in [2.45, 2.75) is 51.7 Å². The quantitative estimate of drug-likeness (QED) is 0.800. The van der Waals surface area contributed by atoms with Crippen LogP contribution in [0.15, 0.2) is 0 Å². The Hall–Kier alpha value is -0.120. The van der Waals surface area contributed by atoms with Crippen LogP contribution in [-0.4, -0.2) is 61.2 Å². The average molecular weight is 239 g/mol. The lowest BCUT2D eigenvalue weighted by Crippen LogP contribution is -2.59. The zero-order valence-corrected chi connectivity index (χ0v) is 11.9. The van der Waals surface area contributed by atoms with Crippen LogP contribution in [0.3, 0.4) is 0 Å². The molecule has 0 radical (unpaired) electrons. The molecule has 1 aliphatic heterocycles. The fourth-order valence-corrected chi connectivity index (χ4v) is 3.04. The van der Waals surface area contributed by atoms with Gasteiger partial charge in [0.1, 0.15) is 0 Å².